The molecule has 0 spiro atoms. The van der Waals surface area contributed by atoms with E-state index in [1.807, 2.05) is 17.9 Å². The monoisotopic (exact) mass is 512 g/mol. The number of fused-ring (bicyclic) bond motifs is 1. The largest absolute Gasteiger partial charge is 0.407 e. The van der Waals surface area contributed by atoms with Crippen LogP contribution < -0.4 is 4.90 Å². The van der Waals surface area contributed by atoms with Gasteiger partial charge >= 0.3 is 6.08 Å². The first-order valence-electron chi connectivity index (χ1n) is 10.1. The first kappa shape index (κ1) is 24.0. The number of benzene rings is 1. The van der Waals surface area contributed by atoms with Crippen molar-refractivity contribution in [2.24, 2.45) is 0 Å². The fraction of sp³-hybridized carbons (Fsp3) is 0.571. The summed E-state index contributed by atoms with van der Waals surface area (Å²) in [4.78, 5) is 9.46. The molecule has 0 bridgehead atoms. The van der Waals surface area contributed by atoms with Crippen molar-refractivity contribution in [1.82, 2.24) is 9.97 Å². The number of nitriles is 1. The zero-order valence-corrected chi connectivity index (χ0v) is 21.2. The fourth-order valence-corrected chi connectivity index (χ4v) is 5.54. The number of hydrogen-bond donors (Lipinski definition) is 0. The van der Waals surface area contributed by atoms with Crippen molar-refractivity contribution >= 4 is 41.0 Å². The molecule has 0 aliphatic carbocycles. The maximum Gasteiger partial charge on any atom is 0.311 e. The normalized spacial score (nSPS) is 20.6. The summed E-state index contributed by atoms with van der Waals surface area (Å²) in [5.74, 6) is -0.566. The minimum atomic E-state index is -2.14. The van der Waals surface area contributed by atoms with Gasteiger partial charge < -0.3 is 14.1 Å². The van der Waals surface area contributed by atoms with Crippen molar-refractivity contribution in [1.29, 1.82) is 5.26 Å². The zero-order chi connectivity index (χ0) is 23.2. The lowest BCUT2D eigenvalue weighted by molar-refractivity contribution is -0.00295. The average Bonchev–Trinajstić information content (AvgIpc) is 2.84. The molecule has 0 saturated carbocycles. The Morgan fingerprint density at radius 3 is 2.61 bits per heavy atom. The molecule has 31 heavy (non-hydrogen) atoms. The van der Waals surface area contributed by atoms with E-state index in [0.29, 0.717) is 26.3 Å². The molecule has 2 aromatic rings. The lowest BCUT2D eigenvalue weighted by Crippen LogP contribution is -2.54. The second kappa shape index (κ2) is 8.35. The topological polar surface area (TPSA) is 71.3 Å². The van der Waals surface area contributed by atoms with Gasteiger partial charge in [0.2, 0.25) is 0 Å². The molecule has 168 valence electrons. The molecule has 3 rings (SSSR count). The number of aromatic nitrogens is 2. The van der Waals surface area contributed by atoms with Crippen LogP contribution in [0.4, 0.5) is 14.6 Å². The quantitative estimate of drug-likeness (QED) is 0.417. The summed E-state index contributed by atoms with van der Waals surface area (Å²) in [6.45, 7) is 14.4. The van der Waals surface area contributed by atoms with E-state index in [1.54, 1.807) is 0 Å². The zero-order valence-electron chi connectivity index (χ0n) is 18.6. The van der Waals surface area contributed by atoms with Gasteiger partial charge in [0.05, 0.1) is 28.9 Å². The Kier molecular flexibility index (Phi) is 6.46. The molecule has 0 amide bonds. The van der Waals surface area contributed by atoms with Crippen molar-refractivity contribution < 1.29 is 17.9 Å². The third-order valence-corrected chi connectivity index (χ3v) is 11.4. The molecule has 1 atom stereocenters. The second-order valence-corrected chi connectivity index (χ2v) is 15.2. The van der Waals surface area contributed by atoms with E-state index in [4.69, 9.17) is 9.16 Å². The van der Waals surface area contributed by atoms with Gasteiger partial charge in [-0.3, -0.25) is 0 Å². The van der Waals surface area contributed by atoms with Crippen LogP contribution in [0.1, 0.15) is 33.3 Å². The number of nitrogens with zero attached hydrogens (tertiary/aromatic N) is 4. The van der Waals surface area contributed by atoms with Gasteiger partial charge in [-0.25, -0.2) is 4.39 Å². The predicted octanol–water partition coefficient (Wildman–Crippen LogP) is 5.16. The van der Waals surface area contributed by atoms with Gasteiger partial charge in [-0.05, 0) is 47.1 Å². The maximum atomic E-state index is 14.8. The summed E-state index contributed by atoms with van der Waals surface area (Å²) in [5.41, 5.74) is -0.752. The molecule has 1 aromatic carbocycles. The molecule has 0 unspecified atom stereocenters. The van der Waals surface area contributed by atoms with Crippen LogP contribution in [0.5, 0.6) is 0 Å². The van der Waals surface area contributed by atoms with Crippen LogP contribution in [0.2, 0.25) is 18.1 Å². The van der Waals surface area contributed by atoms with Gasteiger partial charge in [0.1, 0.15) is 17.4 Å². The second-order valence-electron chi connectivity index (χ2n) is 9.66. The molecule has 1 saturated heterocycles. The molecular formula is C21H27BrF2N4O2Si. The average molecular weight is 513 g/mol. The van der Waals surface area contributed by atoms with Gasteiger partial charge in [-0.1, -0.05) is 20.8 Å². The Hall–Kier alpha value is -1.67. The van der Waals surface area contributed by atoms with Crippen LogP contribution in [-0.4, -0.2) is 50.2 Å². The van der Waals surface area contributed by atoms with Crippen LogP contribution in [0.3, 0.4) is 0 Å². The summed E-state index contributed by atoms with van der Waals surface area (Å²) in [6, 6.07) is 3.43. The van der Waals surface area contributed by atoms with Crippen LogP contribution in [0.25, 0.3) is 10.9 Å². The lowest BCUT2D eigenvalue weighted by atomic mass is 10.1. The van der Waals surface area contributed by atoms with Gasteiger partial charge in [0.25, 0.3) is 0 Å². The maximum absolute atomic E-state index is 14.8. The highest BCUT2D eigenvalue weighted by Crippen LogP contribution is 2.40. The molecule has 0 radical (unpaired) electrons. The highest BCUT2D eigenvalue weighted by molar-refractivity contribution is 9.10. The van der Waals surface area contributed by atoms with E-state index in [2.05, 4.69) is 59.8 Å². The van der Waals surface area contributed by atoms with Crippen molar-refractivity contribution in [2.75, 3.05) is 31.2 Å². The summed E-state index contributed by atoms with van der Waals surface area (Å²) in [7, 11) is -2.14. The highest BCUT2D eigenvalue weighted by atomic mass is 79.9. The number of anilines is 1. The third-order valence-electron chi connectivity index (χ3n) is 5.99. The first-order valence-corrected chi connectivity index (χ1v) is 13.8. The van der Waals surface area contributed by atoms with Crippen molar-refractivity contribution in [3.8, 4) is 6.07 Å². The third kappa shape index (κ3) is 4.74. The first-order chi connectivity index (χ1) is 14.3. The van der Waals surface area contributed by atoms with E-state index in [0.717, 1.165) is 0 Å². The SMILES string of the molecule is CC(C)(C)[Si](C)(C)O[C@]1(C)COCCN(c2nc(F)nc3c(F)c(Br)c(C#N)cc23)C1. The van der Waals surface area contributed by atoms with E-state index in [1.165, 1.54) is 6.07 Å². The van der Waals surface area contributed by atoms with Gasteiger partial charge in [0, 0.05) is 18.5 Å². The lowest BCUT2D eigenvalue weighted by Gasteiger charge is -2.44. The number of hydrogen-bond acceptors (Lipinski definition) is 6. The summed E-state index contributed by atoms with van der Waals surface area (Å²) in [6.07, 6.45) is -1.03. The predicted molar refractivity (Wildman–Crippen MR) is 122 cm³/mol. The molecule has 0 N–H and O–H groups in total. The molecule has 1 fully saturated rings. The summed E-state index contributed by atoms with van der Waals surface area (Å²) >= 11 is 3.06. The van der Waals surface area contributed by atoms with Crippen LogP contribution in [0.15, 0.2) is 10.5 Å². The standard InChI is InChI=1S/C21H27BrF2N4O2Si/c1-20(2,3)31(5,6)30-21(4)11-28(7-8-29-12-21)18-14-9-13(10-25)15(22)16(23)17(14)26-19(24)27-18/h9H,7-8,11-12H2,1-6H3/t21-/m0/s1. The Morgan fingerprint density at radius 1 is 1.32 bits per heavy atom. The minimum absolute atomic E-state index is 0.00202. The fourth-order valence-electron chi connectivity index (χ4n) is 3.49. The Morgan fingerprint density at radius 2 is 2.00 bits per heavy atom. The number of ether oxygens (including phenoxy) is 1. The Labute approximate surface area is 190 Å². The van der Waals surface area contributed by atoms with Gasteiger partial charge in [0.15, 0.2) is 14.1 Å². The smallest absolute Gasteiger partial charge is 0.311 e. The molecule has 2 heterocycles. The molecular weight excluding hydrogens is 486 g/mol. The van der Waals surface area contributed by atoms with Crippen molar-refractivity contribution in [3.05, 3.63) is 28.0 Å². The molecule has 1 aromatic heterocycles. The van der Waals surface area contributed by atoms with Crippen LogP contribution >= 0.6 is 15.9 Å². The van der Waals surface area contributed by atoms with Crippen LogP contribution in [0, 0.1) is 23.2 Å². The number of halogens is 3. The van der Waals surface area contributed by atoms with Gasteiger partial charge in [-0.2, -0.15) is 19.6 Å². The van der Waals surface area contributed by atoms with Crippen molar-refractivity contribution in [2.45, 2.75) is 51.4 Å². The summed E-state index contributed by atoms with van der Waals surface area (Å²) < 4.78 is 41.6. The van der Waals surface area contributed by atoms with Crippen molar-refractivity contribution in [3.63, 3.8) is 0 Å². The van der Waals surface area contributed by atoms with Gasteiger partial charge in [-0.15, -0.1) is 0 Å². The molecule has 10 heteroatoms. The number of rotatable bonds is 3. The Bertz CT molecular complexity index is 1050. The van der Waals surface area contributed by atoms with E-state index < -0.39 is 25.8 Å². The molecule has 1 aliphatic heterocycles. The van der Waals surface area contributed by atoms with E-state index in [-0.39, 0.29) is 31.8 Å². The minimum Gasteiger partial charge on any atom is -0.407 e. The molecule has 6 nitrogen and oxygen atoms in total. The molecule has 1 aliphatic rings. The highest BCUT2D eigenvalue weighted by Gasteiger charge is 2.44. The van der Waals surface area contributed by atoms with E-state index in [9.17, 15) is 14.0 Å². The Balaban J connectivity index is 2.09. The summed E-state index contributed by atoms with van der Waals surface area (Å²) in [5, 5.41) is 9.65. The van der Waals surface area contributed by atoms with E-state index >= 15 is 0 Å². The van der Waals surface area contributed by atoms with Crippen LogP contribution in [-0.2, 0) is 9.16 Å².